The molecule has 3 aliphatic heterocycles. The second-order valence-corrected chi connectivity index (χ2v) is 30.2. The average molecular weight is 1590 g/mol. The molecule has 3 heterocycles. The molecule has 19 nitrogen and oxygen atoms in total. The van der Waals surface area contributed by atoms with E-state index in [1.165, 1.54) is 109 Å². The van der Waals surface area contributed by atoms with Crippen molar-refractivity contribution in [3.8, 4) is 0 Å². The first-order valence-electron chi connectivity index (χ1n) is 43.9. The fourth-order valence-electron chi connectivity index (χ4n) is 13.5. The first-order valence-corrected chi connectivity index (χ1v) is 43.9. The molecular weight excluding hydrogens is 1430 g/mol. The molecule has 3 aliphatic rings. The van der Waals surface area contributed by atoms with Gasteiger partial charge in [-0.3, -0.25) is 4.79 Å². The summed E-state index contributed by atoms with van der Waals surface area (Å²) in [6.45, 7) is 1.59. The normalized spacial score (nSPS) is 25.7. The molecule has 3 fully saturated rings. The van der Waals surface area contributed by atoms with Crippen LogP contribution < -0.4 is 5.32 Å². The van der Waals surface area contributed by atoms with E-state index in [0.717, 1.165) is 141 Å². The Morgan fingerprint density at radius 1 is 0.327 bits per heavy atom. The van der Waals surface area contributed by atoms with Gasteiger partial charge in [-0.1, -0.05) is 319 Å². The number of unbranched alkanes of at least 4 members (excludes halogenated alkanes) is 26. The number of rotatable bonds is 68. The highest BCUT2D eigenvalue weighted by Gasteiger charge is 2.54. The van der Waals surface area contributed by atoms with Crippen LogP contribution in [0.25, 0.3) is 0 Å². The molecule has 3 saturated heterocycles. The third-order valence-electron chi connectivity index (χ3n) is 20.5. The van der Waals surface area contributed by atoms with Gasteiger partial charge in [0.15, 0.2) is 18.9 Å². The van der Waals surface area contributed by atoms with Crippen molar-refractivity contribution in [2.24, 2.45) is 0 Å². The van der Waals surface area contributed by atoms with E-state index in [0.29, 0.717) is 12.8 Å². The molecule has 3 rings (SSSR count). The summed E-state index contributed by atoms with van der Waals surface area (Å²) in [7, 11) is 0. The Morgan fingerprint density at radius 2 is 0.619 bits per heavy atom. The van der Waals surface area contributed by atoms with Gasteiger partial charge in [-0.25, -0.2) is 0 Å². The number of carbonyl (C=O) groups excluding carboxylic acids is 1. The molecule has 0 aromatic rings. The molecule has 0 aromatic heterocycles. The van der Waals surface area contributed by atoms with Gasteiger partial charge in [0, 0.05) is 6.42 Å². The standard InChI is InChI=1S/C94H155NO18/c1-3-5-7-9-11-13-15-17-19-21-23-25-27-29-31-32-33-34-35-36-37-38-39-40-41-42-43-44-46-48-50-52-54-56-58-60-62-64-66-68-70-72-82(100)95-77(78(99)71-69-67-65-63-61-59-57-55-53-51-49-47-45-30-28-26-24-22-20-18-16-14-12-10-8-6-4-2)76-108-92-88(106)85(103)90(80(74-97)110-92)113-94-89(107)86(104)91(81(75-98)111-94)112-93-87(105)84(102)83(101)79(73-96)109-93/h5,7,11,13,17,19,23,25,29,31,33-34,36-37,39-40,42-43,46,48,52-55,61,63,69,71,77-81,83-94,96-99,101-107H,3-4,6,8-10,12,14-16,18,20-22,24,26-28,30,32,35,38,41,44-45,47,49-51,56-60,62,64-68,70,72-76H2,1-2H3,(H,95,100)/b7-5-,13-11-,19-17-,25-23-,31-29-,34-33-,37-36-,40-39-,43-42-,48-46-,54-52-,55-53+,63-61+,71-69+. The van der Waals surface area contributed by atoms with Gasteiger partial charge in [0.05, 0.1) is 38.6 Å². The summed E-state index contributed by atoms with van der Waals surface area (Å²) in [5.74, 6) is -0.306. The second-order valence-electron chi connectivity index (χ2n) is 30.2. The van der Waals surface area contributed by atoms with Gasteiger partial charge in [0.25, 0.3) is 0 Å². The zero-order valence-corrected chi connectivity index (χ0v) is 69.3. The lowest BCUT2D eigenvalue weighted by atomic mass is 9.96. The van der Waals surface area contributed by atoms with Gasteiger partial charge in [-0.2, -0.15) is 0 Å². The molecule has 0 radical (unpaired) electrons. The number of amides is 1. The minimum Gasteiger partial charge on any atom is -0.394 e. The van der Waals surface area contributed by atoms with Crippen molar-refractivity contribution in [2.45, 2.75) is 388 Å². The van der Waals surface area contributed by atoms with Crippen LogP contribution in [0.4, 0.5) is 0 Å². The number of carbonyl (C=O) groups is 1. The smallest absolute Gasteiger partial charge is 0.220 e. The van der Waals surface area contributed by atoms with Crippen LogP contribution in [0.15, 0.2) is 170 Å². The van der Waals surface area contributed by atoms with Crippen molar-refractivity contribution >= 4 is 5.91 Å². The van der Waals surface area contributed by atoms with Gasteiger partial charge in [0.2, 0.25) is 5.91 Å². The molecule has 113 heavy (non-hydrogen) atoms. The molecule has 17 atom stereocenters. The van der Waals surface area contributed by atoms with E-state index >= 15 is 0 Å². The molecule has 644 valence electrons. The second kappa shape index (κ2) is 71.3. The molecule has 19 heteroatoms. The average Bonchev–Trinajstić information content (AvgIpc) is 0.777. The minimum absolute atomic E-state index is 0.208. The van der Waals surface area contributed by atoms with Crippen molar-refractivity contribution in [3.05, 3.63) is 170 Å². The molecule has 12 N–H and O–H groups in total. The maximum Gasteiger partial charge on any atom is 0.220 e. The fourth-order valence-corrected chi connectivity index (χ4v) is 13.5. The molecule has 17 unspecified atom stereocenters. The van der Waals surface area contributed by atoms with Crippen molar-refractivity contribution in [3.63, 3.8) is 0 Å². The Hall–Kier alpha value is -4.85. The van der Waals surface area contributed by atoms with Gasteiger partial charge in [-0.15, -0.1) is 0 Å². The summed E-state index contributed by atoms with van der Waals surface area (Å²) in [4.78, 5) is 13.5. The Labute approximate surface area is 681 Å². The summed E-state index contributed by atoms with van der Waals surface area (Å²) < 4.78 is 34.4. The fraction of sp³-hybridized carbons (Fsp3) is 0.691. The summed E-state index contributed by atoms with van der Waals surface area (Å²) in [5.41, 5.74) is 0. The first kappa shape index (κ1) is 102. The highest BCUT2D eigenvalue weighted by atomic mass is 16.8. The summed E-state index contributed by atoms with van der Waals surface area (Å²) in [6, 6.07) is -1.02. The SMILES string of the molecule is CC/C=C\C/C=C\C/C=C\C/C=C\C/C=C\C/C=C\C/C=C\C/C=C\C/C=C\C/C=C\C/C=C\CCCCCCCCCC(=O)NC(COC1OC(CO)C(OC2OC(CO)C(OC3OC(CO)C(O)C(O)C3O)C(O)C2O)C(O)C1O)C(O)/C=C/CC/C=C/CC/C=C/CCCCCCCCCCCCCCCCCCC. The molecule has 0 aromatic carbocycles. The lowest BCUT2D eigenvalue weighted by molar-refractivity contribution is -0.379. The Morgan fingerprint density at radius 3 is 0.991 bits per heavy atom. The summed E-state index contributed by atoms with van der Waals surface area (Å²) in [6.07, 6.45) is 80.6. The zero-order valence-electron chi connectivity index (χ0n) is 69.3. The third kappa shape index (κ3) is 49.9. The van der Waals surface area contributed by atoms with E-state index in [1.54, 1.807) is 6.08 Å². The van der Waals surface area contributed by atoms with E-state index in [2.05, 4.69) is 177 Å². The van der Waals surface area contributed by atoms with Gasteiger partial charge < -0.3 is 89.9 Å². The summed E-state index contributed by atoms with van der Waals surface area (Å²) >= 11 is 0. The molecule has 1 amide bonds. The number of aliphatic hydroxyl groups is 11. The predicted octanol–water partition coefficient (Wildman–Crippen LogP) is 16.5. The lowest BCUT2D eigenvalue weighted by Gasteiger charge is -2.48. The van der Waals surface area contributed by atoms with Crippen LogP contribution >= 0.6 is 0 Å². The molecule has 0 aliphatic carbocycles. The Kier molecular flexibility index (Phi) is 64.6. The van der Waals surface area contributed by atoms with E-state index in [1.807, 2.05) is 6.08 Å². The quantitative estimate of drug-likeness (QED) is 0.0199. The van der Waals surface area contributed by atoms with E-state index < -0.39 is 124 Å². The van der Waals surface area contributed by atoms with Gasteiger partial charge in [-0.05, 0) is 128 Å². The van der Waals surface area contributed by atoms with Crippen LogP contribution in [0.5, 0.6) is 0 Å². The number of nitrogens with one attached hydrogen (secondary N) is 1. The maximum absolute atomic E-state index is 13.5. The van der Waals surface area contributed by atoms with Crippen LogP contribution in [-0.2, 0) is 33.2 Å². The largest absolute Gasteiger partial charge is 0.394 e. The van der Waals surface area contributed by atoms with E-state index in [4.69, 9.17) is 28.4 Å². The van der Waals surface area contributed by atoms with Crippen LogP contribution in [0.1, 0.15) is 284 Å². The highest BCUT2D eigenvalue weighted by Crippen LogP contribution is 2.33. The molecule has 0 spiro atoms. The Bertz CT molecular complexity index is 2710. The van der Waals surface area contributed by atoms with Crippen molar-refractivity contribution < 1.29 is 89.4 Å². The van der Waals surface area contributed by atoms with Crippen LogP contribution in [-0.4, -0.2) is 193 Å². The van der Waals surface area contributed by atoms with Crippen molar-refractivity contribution in [1.29, 1.82) is 0 Å². The topological polar surface area (TPSA) is 307 Å². The minimum atomic E-state index is -1.99. The third-order valence-corrected chi connectivity index (χ3v) is 20.5. The van der Waals surface area contributed by atoms with Gasteiger partial charge in [0.1, 0.15) is 73.2 Å². The van der Waals surface area contributed by atoms with Gasteiger partial charge >= 0.3 is 0 Å². The number of hydrogen-bond acceptors (Lipinski definition) is 18. The maximum atomic E-state index is 13.5. The number of allylic oxidation sites excluding steroid dienone is 27. The van der Waals surface area contributed by atoms with Crippen LogP contribution in [0, 0.1) is 0 Å². The summed E-state index contributed by atoms with van der Waals surface area (Å²) in [5, 5.41) is 121. The van der Waals surface area contributed by atoms with Crippen molar-refractivity contribution in [1.82, 2.24) is 5.32 Å². The lowest BCUT2D eigenvalue weighted by Crippen LogP contribution is -2.66. The first-order chi connectivity index (χ1) is 55.3. The molecule has 0 saturated carbocycles. The number of ether oxygens (including phenoxy) is 6. The highest BCUT2D eigenvalue weighted by molar-refractivity contribution is 5.76. The van der Waals surface area contributed by atoms with Crippen LogP contribution in [0.2, 0.25) is 0 Å². The number of hydrogen-bond donors (Lipinski definition) is 12. The van der Waals surface area contributed by atoms with Crippen LogP contribution in [0.3, 0.4) is 0 Å². The predicted molar refractivity (Wildman–Crippen MR) is 456 cm³/mol. The molecular formula is C94H155NO18. The zero-order chi connectivity index (χ0) is 81.7. The van der Waals surface area contributed by atoms with E-state index in [9.17, 15) is 61.0 Å². The van der Waals surface area contributed by atoms with E-state index in [-0.39, 0.29) is 18.9 Å². The monoisotopic (exact) mass is 1590 g/mol. The molecule has 0 bridgehead atoms. The van der Waals surface area contributed by atoms with Crippen molar-refractivity contribution in [2.75, 3.05) is 26.4 Å². The Balaban J connectivity index is 1.36. The number of aliphatic hydroxyl groups excluding tert-OH is 11.